The monoisotopic (exact) mass is 564 g/mol. The van der Waals surface area contributed by atoms with Crippen LogP contribution in [0, 0.1) is 30.0 Å². The van der Waals surface area contributed by atoms with E-state index in [0.717, 1.165) is 4.90 Å². The first-order valence-corrected chi connectivity index (χ1v) is 12.5. The quantitative estimate of drug-likeness (QED) is 0.456. The van der Waals surface area contributed by atoms with E-state index in [1.165, 1.54) is 31.5 Å². The van der Waals surface area contributed by atoms with Gasteiger partial charge in [-0.15, -0.1) is 10.2 Å². The molecule has 0 aliphatic carbocycles. The molecule has 1 saturated heterocycles. The van der Waals surface area contributed by atoms with Crippen molar-refractivity contribution >= 4 is 39.9 Å². The summed E-state index contributed by atoms with van der Waals surface area (Å²) in [7, 11) is 1.33. The van der Waals surface area contributed by atoms with Crippen LogP contribution in [0.25, 0.3) is 11.1 Å². The van der Waals surface area contributed by atoms with Crippen molar-refractivity contribution in [3.05, 3.63) is 51.5 Å². The van der Waals surface area contributed by atoms with E-state index in [4.69, 9.17) is 21.6 Å². The molecule has 1 N–H and O–H groups in total. The van der Waals surface area contributed by atoms with Gasteiger partial charge >= 0.3 is 11.8 Å². The minimum atomic E-state index is -3.98. The van der Waals surface area contributed by atoms with Gasteiger partial charge in [0.05, 0.1) is 29.3 Å². The first kappa shape index (κ1) is 27.3. The summed E-state index contributed by atoms with van der Waals surface area (Å²) in [5, 5.41) is 16.9. The number of aryl methyl sites for hydroxylation is 1. The third kappa shape index (κ3) is 5.27. The molecule has 9 nitrogen and oxygen atoms in total. The number of hydrogen-bond acceptors (Lipinski definition) is 8. The summed E-state index contributed by atoms with van der Waals surface area (Å²) in [5.41, 5.74) is 0.395. The molecule has 1 aliphatic rings. The fourth-order valence-electron chi connectivity index (χ4n) is 3.97. The number of amides is 2. The Bertz CT molecular complexity index is 1440. The van der Waals surface area contributed by atoms with E-state index in [2.05, 4.69) is 26.6 Å². The molecular formula is C24H20ClF3N6O3S. The first-order chi connectivity index (χ1) is 18.1. The number of piperidine rings is 1. The highest BCUT2D eigenvalue weighted by molar-refractivity contribution is 7.15. The molecule has 1 fully saturated rings. The van der Waals surface area contributed by atoms with Crippen LogP contribution >= 0.6 is 22.9 Å². The average Bonchev–Trinajstić information content (AvgIpc) is 3.39. The minimum absolute atomic E-state index is 0.0295. The van der Waals surface area contributed by atoms with Crippen molar-refractivity contribution in [3.63, 3.8) is 0 Å². The number of halogens is 4. The molecule has 1 aliphatic heterocycles. The van der Waals surface area contributed by atoms with E-state index < -0.39 is 28.6 Å². The van der Waals surface area contributed by atoms with E-state index in [0.29, 0.717) is 29.9 Å². The molecule has 0 radical (unpaired) electrons. The Balaban J connectivity index is 1.58. The van der Waals surface area contributed by atoms with Crippen LogP contribution in [0.15, 0.2) is 24.4 Å². The van der Waals surface area contributed by atoms with Crippen molar-refractivity contribution in [2.45, 2.75) is 25.7 Å². The van der Waals surface area contributed by atoms with Crippen LogP contribution in [0.1, 0.15) is 33.9 Å². The molecule has 0 bridgehead atoms. The smallest absolute Gasteiger partial charge is 0.377 e. The summed E-state index contributed by atoms with van der Waals surface area (Å²) in [6.07, 6.45) is 1.81. The number of nitriles is 1. The summed E-state index contributed by atoms with van der Waals surface area (Å²) in [4.78, 5) is 30.7. The van der Waals surface area contributed by atoms with Crippen LogP contribution in [0.3, 0.4) is 0 Å². The number of carbonyl (C=O) groups excluding carboxylic acids is 2. The zero-order valence-electron chi connectivity index (χ0n) is 20.1. The topological polar surface area (TPSA) is 121 Å². The third-order valence-corrected chi connectivity index (χ3v) is 7.18. The van der Waals surface area contributed by atoms with Crippen molar-refractivity contribution in [2.75, 3.05) is 25.5 Å². The predicted molar refractivity (Wildman–Crippen MR) is 133 cm³/mol. The van der Waals surface area contributed by atoms with E-state index in [1.54, 1.807) is 6.92 Å². The lowest BCUT2D eigenvalue weighted by Gasteiger charge is -2.31. The van der Waals surface area contributed by atoms with Gasteiger partial charge < -0.3 is 9.64 Å². The molecule has 14 heteroatoms. The standard InChI is InChI=1S/C24H20ClF3N6O3S/c1-12-9-14(18-17(37-2)4-3-16(25)19(18)26)15(11-30-12)20(35)31-23-33-32-21(38-23)24(27,28)22(36)34-7-5-13(10-29)6-8-34/h3-4,9,11,13H,5-8H2,1-2H3,(H,31,33,35). The Hall–Kier alpha value is -3.76. The molecule has 0 unspecified atom stereocenters. The van der Waals surface area contributed by atoms with Gasteiger partial charge in [0.25, 0.3) is 5.91 Å². The normalized spacial score (nSPS) is 14.2. The second kappa shape index (κ2) is 10.9. The van der Waals surface area contributed by atoms with Crippen LogP contribution in [-0.4, -0.2) is 52.1 Å². The molecule has 1 aromatic carbocycles. The van der Waals surface area contributed by atoms with Crippen molar-refractivity contribution in [1.29, 1.82) is 5.26 Å². The minimum Gasteiger partial charge on any atom is -0.496 e. The number of pyridine rings is 1. The largest absolute Gasteiger partial charge is 0.496 e. The van der Waals surface area contributed by atoms with Crippen molar-refractivity contribution in [1.82, 2.24) is 20.1 Å². The molecule has 0 saturated carbocycles. The molecule has 2 amide bonds. The summed E-state index contributed by atoms with van der Waals surface area (Å²) >= 11 is 6.29. The van der Waals surface area contributed by atoms with E-state index in [1.807, 2.05) is 0 Å². The van der Waals surface area contributed by atoms with Crippen LogP contribution in [-0.2, 0) is 10.7 Å². The lowest BCUT2D eigenvalue weighted by molar-refractivity contribution is -0.160. The fourth-order valence-corrected chi connectivity index (χ4v) is 4.83. The molecule has 198 valence electrons. The average molecular weight is 565 g/mol. The molecule has 3 heterocycles. The number of likely N-dealkylation sites (tertiary alicyclic amines) is 1. The maximum Gasteiger partial charge on any atom is 0.377 e. The van der Waals surface area contributed by atoms with Crippen molar-refractivity contribution in [2.24, 2.45) is 5.92 Å². The lowest BCUT2D eigenvalue weighted by Crippen LogP contribution is -2.45. The van der Waals surface area contributed by atoms with Gasteiger partial charge in [0.2, 0.25) is 5.13 Å². The molecule has 38 heavy (non-hydrogen) atoms. The van der Waals surface area contributed by atoms with Gasteiger partial charge in [-0.1, -0.05) is 22.9 Å². The summed E-state index contributed by atoms with van der Waals surface area (Å²) in [6, 6.07) is 6.28. The first-order valence-electron chi connectivity index (χ1n) is 11.3. The van der Waals surface area contributed by atoms with Crippen molar-refractivity contribution in [3.8, 4) is 22.9 Å². The maximum atomic E-state index is 15.0. The molecule has 3 aromatic rings. The van der Waals surface area contributed by atoms with E-state index >= 15 is 4.39 Å². The molecule has 0 atom stereocenters. The third-order valence-electron chi connectivity index (χ3n) is 5.98. The van der Waals surface area contributed by atoms with Gasteiger partial charge in [-0.05, 0) is 38.0 Å². The number of carbonyl (C=O) groups is 2. The van der Waals surface area contributed by atoms with Crippen molar-refractivity contribution < 1.29 is 27.5 Å². The van der Waals surface area contributed by atoms with Gasteiger partial charge in [-0.25, -0.2) is 4.39 Å². The number of aromatic nitrogens is 3. The molecular weight excluding hydrogens is 545 g/mol. The Morgan fingerprint density at radius 3 is 2.66 bits per heavy atom. The summed E-state index contributed by atoms with van der Waals surface area (Å²) in [6.45, 7) is 1.70. The number of alkyl halides is 2. The van der Waals surface area contributed by atoms with Crippen LogP contribution in [0.2, 0.25) is 5.02 Å². The highest BCUT2D eigenvalue weighted by Gasteiger charge is 2.48. The van der Waals surface area contributed by atoms with Gasteiger partial charge in [0, 0.05) is 36.5 Å². The van der Waals surface area contributed by atoms with Gasteiger partial charge in [-0.2, -0.15) is 14.0 Å². The highest BCUT2D eigenvalue weighted by Crippen LogP contribution is 2.39. The number of ether oxygens (including phenoxy) is 1. The number of nitrogens with zero attached hydrogens (tertiary/aromatic N) is 5. The van der Waals surface area contributed by atoms with Crippen LogP contribution in [0.4, 0.5) is 18.3 Å². The van der Waals surface area contributed by atoms with Crippen LogP contribution in [0.5, 0.6) is 5.75 Å². The van der Waals surface area contributed by atoms with E-state index in [9.17, 15) is 18.4 Å². The number of anilines is 1. The molecule has 2 aromatic heterocycles. The molecule has 4 rings (SSSR count). The fraction of sp³-hybridized carbons (Fsp3) is 0.333. The Kier molecular flexibility index (Phi) is 7.84. The summed E-state index contributed by atoms with van der Waals surface area (Å²) in [5.74, 6) is -7.24. The zero-order chi connectivity index (χ0) is 27.6. The second-order valence-corrected chi connectivity index (χ2v) is 9.83. The SMILES string of the molecule is COc1ccc(Cl)c(F)c1-c1cc(C)ncc1C(=O)Nc1nnc(C(F)(F)C(=O)N2CCC(C#N)CC2)s1. The summed E-state index contributed by atoms with van der Waals surface area (Å²) < 4.78 is 50.2. The van der Waals surface area contributed by atoms with Gasteiger partial charge in [-0.3, -0.25) is 19.9 Å². The number of rotatable bonds is 6. The van der Waals surface area contributed by atoms with Gasteiger partial charge in [0.15, 0.2) is 10.8 Å². The Labute approximate surface area is 224 Å². The number of benzene rings is 1. The van der Waals surface area contributed by atoms with Gasteiger partial charge in [0.1, 0.15) is 5.75 Å². The second-order valence-electron chi connectivity index (χ2n) is 8.45. The molecule has 0 spiro atoms. The maximum absolute atomic E-state index is 15.0. The number of hydrogen-bond donors (Lipinski definition) is 1. The van der Waals surface area contributed by atoms with Crippen LogP contribution < -0.4 is 10.1 Å². The number of methoxy groups -OCH3 is 1. The van der Waals surface area contributed by atoms with E-state index in [-0.39, 0.29) is 51.6 Å². The predicted octanol–water partition coefficient (Wildman–Crippen LogP) is 4.82. The zero-order valence-corrected chi connectivity index (χ0v) is 21.7. The highest BCUT2D eigenvalue weighted by atomic mass is 35.5. The Morgan fingerprint density at radius 1 is 1.29 bits per heavy atom. The Morgan fingerprint density at radius 2 is 2.00 bits per heavy atom. The lowest BCUT2D eigenvalue weighted by atomic mass is 9.98. The number of nitrogens with one attached hydrogen (secondary N) is 1.